The first-order valence-corrected chi connectivity index (χ1v) is 11.9. The number of hydrogen-bond acceptors (Lipinski definition) is 6. The van der Waals surface area contributed by atoms with Crippen LogP contribution in [0.1, 0.15) is 31.3 Å². The fourth-order valence-corrected chi connectivity index (χ4v) is 4.10. The summed E-state index contributed by atoms with van der Waals surface area (Å²) in [5.41, 5.74) is 1.03. The highest BCUT2D eigenvalue weighted by molar-refractivity contribution is 7.15. The largest absolute Gasteiger partial charge is 0.411 e. The van der Waals surface area contributed by atoms with Gasteiger partial charge in [0.25, 0.3) is 0 Å². The minimum Gasteiger partial charge on any atom is -0.411 e. The van der Waals surface area contributed by atoms with E-state index in [-0.39, 0.29) is 5.04 Å². The fourth-order valence-electron chi connectivity index (χ4n) is 2.08. The van der Waals surface area contributed by atoms with E-state index in [9.17, 15) is 0 Å². The molecule has 5 nitrogen and oxygen atoms in total. The third kappa shape index (κ3) is 4.76. The van der Waals surface area contributed by atoms with Crippen LogP contribution in [0.25, 0.3) is 0 Å². The number of rotatable bonds is 6. The minimum atomic E-state index is -1.77. The van der Waals surface area contributed by atoms with Gasteiger partial charge < -0.3 is 18.8 Å². The maximum atomic E-state index is 6.35. The third-order valence-corrected chi connectivity index (χ3v) is 10.3. The van der Waals surface area contributed by atoms with Gasteiger partial charge in [-0.25, -0.2) is 4.98 Å². The Balaban J connectivity index is 2.11. The number of morpholine rings is 1. The van der Waals surface area contributed by atoms with Gasteiger partial charge in [-0.2, -0.15) is 0 Å². The Bertz CT molecular complexity index is 508. The second kappa shape index (κ2) is 7.61. The van der Waals surface area contributed by atoms with E-state index in [4.69, 9.17) is 18.9 Å². The molecule has 1 saturated heterocycles. The smallest absolute Gasteiger partial charge is 0.192 e. The number of thiazole rings is 1. The van der Waals surface area contributed by atoms with E-state index in [0.717, 1.165) is 37.1 Å². The number of aromatic nitrogens is 1. The predicted octanol–water partition coefficient (Wildman–Crippen LogP) is 3.65. The van der Waals surface area contributed by atoms with Gasteiger partial charge in [0.2, 0.25) is 0 Å². The van der Waals surface area contributed by atoms with Gasteiger partial charge >= 0.3 is 0 Å². The monoisotopic (exact) mass is 358 g/mol. The Morgan fingerprint density at radius 1 is 1.22 bits per heavy atom. The molecule has 0 N–H and O–H groups in total. The highest BCUT2D eigenvalue weighted by atomic mass is 32.1. The van der Waals surface area contributed by atoms with Crippen molar-refractivity contribution in [3.05, 3.63) is 10.6 Å². The van der Waals surface area contributed by atoms with Crippen molar-refractivity contribution in [3.8, 4) is 0 Å². The van der Waals surface area contributed by atoms with Crippen molar-refractivity contribution in [2.45, 2.75) is 52.1 Å². The van der Waals surface area contributed by atoms with E-state index in [1.165, 1.54) is 4.88 Å². The van der Waals surface area contributed by atoms with Crippen LogP contribution in [0.4, 0.5) is 5.13 Å². The van der Waals surface area contributed by atoms with E-state index in [2.05, 4.69) is 38.8 Å². The maximum Gasteiger partial charge on any atom is 0.192 e. The molecule has 0 bridgehead atoms. The number of anilines is 1. The Morgan fingerprint density at radius 2 is 1.87 bits per heavy atom. The summed E-state index contributed by atoms with van der Waals surface area (Å²) >= 11 is 1.72. The van der Waals surface area contributed by atoms with Crippen molar-refractivity contribution in [2.24, 2.45) is 0 Å². The summed E-state index contributed by atoms with van der Waals surface area (Å²) in [6.07, 6.45) is 0. The molecule has 1 aliphatic heterocycles. The second-order valence-corrected chi connectivity index (χ2v) is 13.3. The summed E-state index contributed by atoms with van der Waals surface area (Å²) in [7, 11) is -0.0448. The third-order valence-electron chi connectivity index (χ3n) is 4.70. The summed E-state index contributed by atoms with van der Waals surface area (Å²) in [5, 5.41) is 1.27. The lowest BCUT2D eigenvalue weighted by atomic mass is 10.2. The Labute approximate surface area is 145 Å². The van der Waals surface area contributed by atoms with E-state index in [1.54, 1.807) is 18.4 Å². The zero-order chi connectivity index (χ0) is 17.1. The number of ether oxygens (including phenoxy) is 2. The molecule has 0 atom stereocenters. The van der Waals surface area contributed by atoms with Crippen molar-refractivity contribution >= 4 is 24.8 Å². The quantitative estimate of drug-likeness (QED) is 0.726. The topological polar surface area (TPSA) is 43.8 Å². The predicted molar refractivity (Wildman–Crippen MR) is 97.8 cm³/mol. The van der Waals surface area contributed by atoms with Crippen molar-refractivity contribution < 1.29 is 13.9 Å². The van der Waals surface area contributed by atoms with Gasteiger partial charge in [0, 0.05) is 20.2 Å². The van der Waals surface area contributed by atoms with Crippen LogP contribution in [0.3, 0.4) is 0 Å². The molecule has 23 heavy (non-hydrogen) atoms. The first kappa shape index (κ1) is 18.9. The molecule has 0 amide bonds. The zero-order valence-corrected chi connectivity index (χ0v) is 17.1. The fraction of sp³-hybridized carbons (Fsp3) is 0.812. The van der Waals surface area contributed by atoms with Crippen molar-refractivity contribution in [3.63, 3.8) is 0 Å². The van der Waals surface area contributed by atoms with E-state index >= 15 is 0 Å². The normalized spacial score (nSPS) is 16.9. The Hall–Kier alpha value is -0.473. The molecule has 0 radical (unpaired) electrons. The van der Waals surface area contributed by atoms with Crippen molar-refractivity contribution in [1.29, 1.82) is 0 Å². The van der Waals surface area contributed by atoms with Crippen LogP contribution in [0, 0.1) is 0 Å². The lowest BCUT2D eigenvalue weighted by molar-refractivity contribution is 0.122. The van der Waals surface area contributed by atoms with Crippen LogP contribution in [0.2, 0.25) is 18.1 Å². The molecule has 0 spiro atoms. The standard InChI is InChI=1S/C16H30N2O3SSi/c1-16(2,3)23(5,6)21-11-13-14(12-19-4)22-15(17-13)18-7-9-20-10-8-18/h7-12H2,1-6H3. The zero-order valence-electron chi connectivity index (χ0n) is 15.3. The van der Waals surface area contributed by atoms with Crippen LogP contribution in [-0.4, -0.2) is 46.7 Å². The molecule has 0 saturated carbocycles. The Morgan fingerprint density at radius 3 is 2.43 bits per heavy atom. The summed E-state index contributed by atoms with van der Waals surface area (Å²) < 4.78 is 17.1. The molecule has 1 aliphatic rings. The molecular weight excluding hydrogens is 328 g/mol. The summed E-state index contributed by atoms with van der Waals surface area (Å²) in [5.74, 6) is 0. The maximum absolute atomic E-state index is 6.35. The molecule has 1 aromatic rings. The molecule has 1 aromatic heterocycles. The molecule has 0 aliphatic carbocycles. The summed E-state index contributed by atoms with van der Waals surface area (Å²) in [6, 6.07) is 0. The van der Waals surface area contributed by atoms with Gasteiger partial charge in [-0.1, -0.05) is 32.1 Å². The lowest BCUT2D eigenvalue weighted by Gasteiger charge is -2.36. The van der Waals surface area contributed by atoms with E-state index < -0.39 is 8.32 Å². The minimum absolute atomic E-state index is 0.206. The molecular formula is C16H30N2O3SSi. The number of hydrogen-bond donors (Lipinski definition) is 0. The van der Waals surface area contributed by atoms with Gasteiger partial charge in [-0.15, -0.1) is 0 Å². The lowest BCUT2D eigenvalue weighted by Crippen LogP contribution is -2.40. The van der Waals surface area contributed by atoms with Crippen LogP contribution < -0.4 is 4.90 Å². The van der Waals surface area contributed by atoms with Gasteiger partial charge in [-0.3, -0.25) is 0 Å². The summed E-state index contributed by atoms with van der Waals surface area (Å²) in [4.78, 5) is 8.31. The molecule has 0 aromatic carbocycles. The van der Waals surface area contributed by atoms with Crippen LogP contribution >= 0.6 is 11.3 Å². The number of methoxy groups -OCH3 is 1. The molecule has 2 heterocycles. The van der Waals surface area contributed by atoms with Crippen molar-refractivity contribution in [2.75, 3.05) is 38.3 Å². The number of nitrogens with zero attached hydrogens (tertiary/aromatic N) is 2. The summed E-state index contributed by atoms with van der Waals surface area (Å²) in [6.45, 7) is 15.9. The average molecular weight is 359 g/mol. The van der Waals surface area contributed by atoms with Gasteiger partial charge in [0.05, 0.1) is 37.0 Å². The SMILES string of the molecule is COCc1sc(N2CCOCC2)nc1CO[Si](C)(C)C(C)(C)C. The highest BCUT2D eigenvalue weighted by Gasteiger charge is 2.37. The van der Waals surface area contributed by atoms with Crippen LogP contribution in [-0.2, 0) is 27.1 Å². The molecule has 2 rings (SSSR count). The molecule has 0 unspecified atom stereocenters. The van der Waals surface area contributed by atoms with Gasteiger partial charge in [0.15, 0.2) is 13.4 Å². The molecule has 7 heteroatoms. The van der Waals surface area contributed by atoms with Gasteiger partial charge in [-0.05, 0) is 18.1 Å². The Kier molecular flexibility index (Phi) is 6.24. The first-order valence-electron chi connectivity index (χ1n) is 8.19. The highest BCUT2D eigenvalue weighted by Crippen LogP contribution is 2.38. The second-order valence-electron chi connectivity index (χ2n) is 7.45. The van der Waals surface area contributed by atoms with Crippen LogP contribution in [0.5, 0.6) is 0 Å². The van der Waals surface area contributed by atoms with E-state index in [1.807, 2.05) is 0 Å². The van der Waals surface area contributed by atoms with Crippen molar-refractivity contribution in [1.82, 2.24) is 4.98 Å². The van der Waals surface area contributed by atoms with Gasteiger partial charge in [0.1, 0.15) is 0 Å². The van der Waals surface area contributed by atoms with E-state index in [0.29, 0.717) is 13.2 Å². The molecule has 132 valence electrons. The average Bonchev–Trinajstić information content (AvgIpc) is 2.89. The van der Waals surface area contributed by atoms with Crippen LogP contribution in [0.15, 0.2) is 0 Å². The first-order chi connectivity index (χ1) is 10.7. The molecule has 1 fully saturated rings.